The van der Waals surface area contributed by atoms with E-state index in [1.807, 2.05) is 4.57 Å². The van der Waals surface area contributed by atoms with E-state index in [1.165, 1.54) is 13.4 Å². The lowest BCUT2D eigenvalue weighted by molar-refractivity contribution is 0.0600. The molecule has 1 aliphatic rings. The molecule has 0 saturated heterocycles. The number of hydrogen-bond donors (Lipinski definition) is 0. The van der Waals surface area contributed by atoms with Crippen molar-refractivity contribution in [2.45, 2.75) is 6.54 Å². The predicted octanol–water partition coefficient (Wildman–Crippen LogP) is 1.46. The van der Waals surface area contributed by atoms with Gasteiger partial charge < -0.3 is 18.9 Å². The largest absolute Gasteiger partial charge is 0.491 e. The van der Waals surface area contributed by atoms with E-state index in [1.54, 1.807) is 43.4 Å². The monoisotopic (exact) mass is 342 g/mol. The second kappa shape index (κ2) is 6.76. The van der Waals surface area contributed by atoms with Crippen molar-refractivity contribution >= 4 is 18.2 Å². The van der Waals surface area contributed by atoms with Crippen LogP contribution in [0.4, 0.5) is 0 Å². The summed E-state index contributed by atoms with van der Waals surface area (Å²) in [5.41, 5.74) is 1.26. The quantitative estimate of drug-likeness (QED) is 0.477. The molecule has 2 aromatic rings. The van der Waals surface area contributed by atoms with Crippen LogP contribution < -0.4 is 4.74 Å². The van der Waals surface area contributed by atoms with Crippen LogP contribution in [0.15, 0.2) is 29.4 Å². The highest BCUT2D eigenvalue weighted by molar-refractivity contribution is 5.97. The van der Waals surface area contributed by atoms with Crippen LogP contribution in [0.1, 0.15) is 20.8 Å². The molecule has 25 heavy (non-hydrogen) atoms. The van der Waals surface area contributed by atoms with Crippen LogP contribution >= 0.6 is 0 Å². The molecule has 3 rings (SSSR count). The van der Waals surface area contributed by atoms with E-state index >= 15 is 0 Å². The van der Waals surface area contributed by atoms with Gasteiger partial charge in [-0.1, -0.05) is 0 Å². The van der Waals surface area contributed by atoms with Crippen LogP contribution in [-0.2, 0) is 11.3 Å². The molecule has 1 aromatic carbocycles. The van der Waals surface area contributed by atoms with Gasteiger partial charge in [-0.15, -0.1) is 0 Å². The molecule has 0 N–H and O–H groups in total. The van der Waals surface area contributed by atoms with Gasteiger partial charge in [0, 0.05) is 20.3 Å². The van der Waals surface area contributed by atoms with Gasteiger partial charge in [-0.2, -0.15) is 4.99 Å². The molecule has 1 aromatic heterocycles. The van der Waals surface area contributed by atoms with Crippen LogP contribution in [0.2, 0.25) is 0 Å². The number of carbonyl (C=O) groups is 2. The Morgan fingerprint density at radius 3 is 2.92 bits per heavy atom. The SMILES string of the molecule is COC(=O)c1ccc2c(c1)-c1nc(C(=O)/N=C/N(C)C)cn1CCO2. The van der Waals surface area contributed by atoms with E-state index in [2.05, 4.69) is 9.98 Å². The first-order chi connectivity index (χ1) is 12.0. The zero-order valence-electron chi connectivity index (χ0n) is 14.2. The van der Waals surface area contributed by atoms with Crippen molar-refractivity contribution in [3.63, 3.8) is 0 Å². The Labute approximate surface area is 144 Å². The lowest BCUT2D eigenvalue weighted by Gasteiger charge is -2.07. The lowest BCUT2D eigenvalue weighted by atomic mass is 10.1. The summed E-state index contributed by atoms with van der Waals surface area (Å²) >= 11 is 0. The van der Waals surface area contributed by atoms with Crippen molar-refractivity contribution in [2.24, 2.45) is 4.99 Å². The maximum atomic E-state index is 12.2. The van der Waals surface area contributed by atoms with Crippen molar-refractivity contribution in [2.75, 3.05) is 27.8 Å². The van der Waals surface area contributed by atoms with Gasteiger partial charge in [0.15, 0.2) is 0 Å². The number of aromatic nitrogens is 2. The molecular weight excluding hydrogens is 324 g/mol. The molecule has 0 fully saturated rings. The summed E-state index contributed by atoms with van der Waals surface area (Å²) < 4.78 is 12.3. The number of rotatable bonds is 3. The van der Waals surface area contributed by atoms with E-state index in [4.69, 9.17) is 9.47 Å². The summed E-state index contributed by atoms with van der Waals surface area (Å²) in [6.45, 7) is 0.970. The lowest BCUT2D eigenvalue weighted by Crippen LogP contribution is -2.10. The zero-order chi connectivity index (χ0) is 18.0. The summed E-state index contributed by atoms with van der Waals surface area (Å²) in [6, 6.07) is 5.00. The minimum atomic E-state index is -0.447. The third-order valence-electron chi connectivity index (χ3n) is 3.63. The summed E-state index contributed by atoms with van der Waals surface area (Å²) in [6.07, 6.45) is 3.08. The van der Waals surface area contributed by atoms with E-state index in [0.29, 0.717) is 35.9 Å². The van der Waals surface area contributed by atoms with Gasteiger partial charge in [0.2, 0.25) is 0 Å². The number of esters is 1. The molecule has 2 heterocycles. The third-order valence-corrected chi connectivity index (χ3v) is 3.63. The molecule has 130 valence electrons. The highest BCUT2D eigenvalue weighted by atomic mass is 16.5. The Bertz CT molecular complexity index is 854. The van der Waals surface area contributed by atoms with Crippen LogP contribution in [0.25, 0.3) is 11.4 Å². The molecule has 0 saturated carbocycles. The normalized spacial score (nSPS) is 12.8. The zero-order valence-corrected chi connectivity index (χ0v) is 14.2. The molecule has 0 unspecified atom stereocenters. The summed E-state index contributed by atoms with van der Waals surface area (Å²) in [7, 11) is 4.88. The van der Waals surface area contributed by atoms with Gasteiger partial charge in [0.25, 0.3) is 5.91 Å². The number of nitrogens with zero attached hydrogens (tertiary/aromatic N) is 4. The average molecular weight is 342 g/mol. The number of hydrogen-bond acceptors (Lipinski definition) is 5. The molecule has 8 nitrogen and oxygen atoms in total. The smallest absolute Gasteiger partial charge is 0.337 e. The molecule has 1 amide bonds. The number of ether oxygens (including phenoxy) is 2. The Hall–Kier alpha value is -3.16. The number of aliphatic imine (C=N–C) groups is 1. The molecule has 0 spiro atoms. The van der Waals surface area contributed by atoms with Crippen molar-refractivity contribution < 1.29 is 19.1 Å². The number of fused-ring (bicyclic) bond motifs is 3. The van der Waals surface area contributed by atoms with Crippen LogP contribution in [0.5, 0.6) is 5.75 Å². The molecule has 0 bridgehead atoms. The van der Waals surface area contributed by atoms with Gasteiger partial charge in [0.05, 0.1) is 31.1 Å². The number of benzene rings is 1. The first kappa shape index (κ1) is 16.7. The highest BCUT2D eigenvalue weighted by Gasteiger charge is 2.22. The topological polar surface area (TPSA) is 86.0 Å². The fourth-order valence-corrected chi connectivity index (χ4v) is 2.47. The number of methoxy groups -OCH3 is 1. The predicted molar refractivity (Wildman–Crippen MR) is 91.0 cm³/mol. The van der Waals surface area contributed by atoms with E-state index in [9.17, 15) is 9.59 Å². The fraction of sp³-hybridized carbons (Fsp3) is 0.294. The number of amides is 1. The standard InChI is InChI=1S/C17H18N4O4/c1-20(2)10-18-16(22)13-9-21-6-7-25-14-5-4-11(17(23)24-3)8-12(14)15(21)19-13/h4-5,8-10H,6-7H2,1-3H3/b18-10+. The van der Waals surface area contributed by atoms with Gasteiger partial charge in [-0.05, 0) is 18.2 Å². The van der Waals surface area contributed by atoms with Crippen LogP contribution in [0, 0.1) is 0 Å². The fourth-order valence-electron chi connectivity index (χ4n) is 2.47. The molecule has 1 aliphatic heterocycles. The summed E-state index contributed by atoms with van der Waals surface area (Å²) in [5.74, 6) is 0.285. The van der Waals surface area contributed by atoms with Crippen molar-refractivity contribution in [1.29, 1.82) is 0 Å². The molecule has 0 radical (unpaired) electrons. The van der Waals surface area contributed by atoms with Crippen molar-refractivity contribution in [3.8, 4) is 17.1 Å². The first-order valence-corrected chi connectivity index (χ1v) is 7.67. The van der Waals surface area contributed by atoms with Crippen molar-refractivity contribution in [1.82, 2.24) is 14.5 Å². The molecular formula is C17H18N4O4. The summed E-state index contributed by atoms with van der Waals surface area (Å²) in [4.78, 5) is 33.9. The van der Waals surface area contributed by atoms with E-state index < -0.39 is 11.9 Å². The highest BCUT2D eigenvalue weighted by Crippen LogP contribution is 2.33. The first-order valence-electron chi connectivity index (χ1n) is 7.67. The van der Waals surface area contributed by atoms with Crippen LogP contribution in [0.3, 0.4) is 0 Å². The molecule has 0 aliphatic carbocycles. The van der Waals surface area contributed by atoms with Gasteiger partial charge >= 0.3 is 5.97 Å². The summed E-state index contributed by atoms with van der Waals surface area (Å²) in [5, 5.41) is 0. The van der Waals surface area contributed by atoms with Gasteiger partial charge in [-0.25, -0.2) is 9.78 Å². The third kappa shape index (κ3) is 3.37. The Morgan fingerprint density at radius 2 is 2.20 bits per heavy atom. The average Bonchev–Trinajstić information content (AvgIpc) is 2.95. The minimum absolute atomic E-state index is 0.240. The Balaban J connectivity index is 2.03. The maximum absolute atomic E-state index is 12.2. The van der Waals surface area contributed by atoms with Gasteiger partial charge in [0.1, 0.15) is 23.9 Å². The molecule has 0 atom stereocenters. The second-order valence-electron chi connectivity index (χ2n) is 5.71. The van der Waals surface area contributed by atoms with Crippen LogP contribution in [-0.4, -0.2) is 60.5 Å². The van der Waals surface area contributed by atoms with Crippen molar-refractivity contribution in [3.05, 3.63) is 35.7 Å². The second-order valence-corrected chi connectivity index (χ2v) is 5.71. The Morgan fingerprint density at radius 1 is 1.40 bits per heavy atom. The number of carbonyl (C=O) groups excluding carboxylic acids is 2. The Kier molecular flexibility index (Phi) is 4.51. The maximum Gasteiger partial charge on any atom is 0.337 e. The minimum Gasteiger partial charge on any atom is -0.491 e. The van der Waals surface area contributed by atoms with E-state index in [-0.39, 0.29) is 5.69 Å². The van der Waals surface area contributed by atoms with Gasteiger partial charge in [-0.3, -0.25) is 4.79 Å². The van der Waals surface area contributed by atoms with E-state index in [0.717, 1.165) is 0 Å². The molecule has 8 heteroatoms. The number of imidazole rings is 1.